The van der Waals surface area contributed by atoms with Crippen molar-refractivity contribution in [2.75, 3.05) is 5.01 Å². The topological polar surface area (TPSA) is 63.6 Å². The van der Waals surface area contributed by atoms with E-state index < -0.39 is 0 Å². The number of hydrazone groups is 1. The first-order valence-corrected chi connectivity index (χ1v) is 6.24. The molecule has 0 atom stereocenters. The van der Waals surface area contributed by atoms with Crippen LogP contribution in [0.25, 0.3) is 6.08 Å². The molecule has 0 saturated carbocycles. The van der Waals surface area contributed by atoms with Crippen LogP contribution in [-0.2, 0) is 11.8 Å². The molecule has 1 amide bonds. The Balaban J connectivity index is 1.98. The maximum absolute atomic E-state index is 12.4. The summed E-state index contributed by atoms with van der Waals surface area (Å²) in [5.41, 5.74) is 7.89. The van der Waals surface area contributed by atoms with Crippen LogP contribution in [0.2, 0.25) is 0 Å². The van der Waals surface area contributed by atoms with E-state index in [0.717, 1.165) is 5.69 Å². The number of amides is 1. The van der Waals surface area contributed by atoms with E-state index in [1.807, 2.05) is 60.3 Å². The molecule has 1 aliphatic heterocycles. The molecule has 0 fully saturated rings. The Morgan fingerprint density at radius 1 is 1.15 bits per heavy atom. The Morgan fingerprint density at radius 3 is 2.55 bits per heavy atom. The number of benzene rings is 1. The number of rotatable bonds is 2. The number of hydrogen-bond acceptors (Lipinski definition) is 3. The fourth-order valence-corrected chi connectivity index (χ4v) is 2.08. The maximum Gasteiger partial charge on any atom is 0.282 e. The van der Waals surface area contributed by atoms with Crippen molar-refractivity contribution in [2.45, 2.75) is 0 Å². The number of amidine groups is 1. The summed E-state index contributed by atoms with van der Waals surface area (Å²) in [4.78, 5) is 12.4. The van der Waals surface area contributed by atoms with Gasteiger partial charge in [-0.25, -0.2) is 0 Å². The summed E-state index contributed by atoms with van der Waals surface area (Å²) < 4.78 is 1.92. The monoisotopic (exact) mass is 266 g/mol. The summed E-state index contributed by atoms with van der Waals surface area (Å²) in [7, 11) is 1.91. The second-order valence-corrected chi connectivity index (χ2v) is 4.54. The molecule has 0 saturated heterocycles. The van der Waals surface area contributed by atoms with Gasteiger partial charge >= 0.3 is 0 Å². The number of anilines is 1. The summed E-state index contributed by atoms with van der Waals surface area (Å²) in [6, 6.07) is 13.1. The van der Waals surface area contributed by atoms with E-state index in [9.17, 15) is 4.79 Å². The minimum atomic E-state index is -0.213. The van der Waals surface area contributed by atoms with E-state index in [2.05, 4.69) is 5.10 Å². The van der Waals surface area contributed by atoms with Gasteiger partial charge in [0.1, 0.15) is 0 Å². The molecule has 0 radical (unpaired) electrons. The Kier molecular flexibility index (Phi) is 2.87. The number of carbonyl (C=O) groups is 1. The van der Waals surface area contributed by atoms with E-state index in [1.54, 1.807) is 6.08 Å². The molecule has 5 nitrogen and oxygen atoms in total. The second kappa shape index (κ2) is 4.70. The van der Waals surface area contributed by atoms with E-state index >= 15 is 0 Å². The predicted octanol–water partition coefficient (Wildman–Crippen LogP) is 1.73. The fourth-order valence-electron chi connectivity index (χ4n) is 2.08. The average Bonchev–Trinajstić information content (AvgIpc) is 2.98. The minimum Gasteiger partial charge on any atom is -0.382 e. The minimum absolute atomic E-state index is 0.213. The molecular weight excluding hydrogens is 252 g/mol. The first-order chi connectivity index (χ1) is 9.66. The van der Waals surface area contributed by atoms with Crippen LogP contribution in [0.4, 0.5) is 5.69 Å². The van der Waals surface area contributed by atoms with Crippen LogP contribution in [0.5, 0.6) is 0 Å². The summed E-state index contributed by atoms with van der Waals surface area (Å²) in [5, 5.41) is 5.46. The third-order valence-corrected chi connectivity index (χ3v) is 3.18. The number of nitrogens with two attached hydrogens (primary N) is 1. The second-order valence-electron chi connectivity index (χ2n) is 4.54. The normalized spacial score (nSPS) is 16.9. The molecule has 20 heavy (non-hydrogen) atoms. The summed E-state index contributed by atoms with van der Waals surface area (Å²) in [6.07, 6.45) is 3.66. The van der Waals surface area contributed by atoms with Crippen molar-refractivity contribution in [1.29, 1.82) is 0 Å². The molecule has 5 heteroatoms. The molecule has 100 valence electrons. The molecular formula is C15H14N4O. The standard InChI is InChI=1S/C15H14N4O/c1-18-9-5-8-12(18)10-13-14(16)17-19(15(13)20)11-6-3-2-4-7-11/h2-10H,1H3,(H2,16,17)/b13-10+. The third-order valence-electron chi connectivity index (χ3n) is 3.18. The van der Waals surface area contributed by atoms with Crippen molar-refractivity contribution in [2.24, 2.45) is 17.9 Å². The van der Waals surface area contributed by atoms with E-state index in [-0.39, 0.29) is 11.7 Å². The molecule has 0 bridgehead atoms. The number of hydrogen-bond donors (Lipinski definition) is 1. The lowest BCUT2D eigenvalue weighted by molar-refractivity contribution is -0.114. The van der Waals surface area contributed by atoms with Gasteiger partial charge in [-0.15, -0.1) is 5.10 Å². The van der Waals surface area contributed by atoms with Crippen molar-refractivity contribution in [3.63, 3.8) is 0 Å². The largest absolute Gasteiger partial charge is 0.382 e. The molecule has 2 heterocycles. The van der Waals surface area contributed by atoms with Gasteiger partial charge in [-0.2, -0.15) is 5.01 Å². The van der Waals surface area contributed by atoms with Gasteiger partial charge in [0.25, 0.3) is 5.91 Å². The number of aryl methyl sites for hydroxylation is 1. The molecule has 2 aromatic rings. The van der Waals surface area contributed by atoms with Gasteiger partial charge < -0.3 is 10.3 Å². The van der Waals surface area contributed by atoms with Gasteiger partial charge in [-0.05, 0) is 30.3 Å². The Morgan fingerprint density at radius 2 is 1.90 bits per heavy atom. The van der Waals surface area contributed by atoms with Crippen molar-refractivity contribution >= 4 is 23.5 Å². The quantitative estimate of drug-likeness (QED) is 0.841. The first kappa shape index (κ1) is 12.2. The van der Waals surface area contributed by atoms with Gasteiger partial charge in [-0.3, -0.25) is 4.79 Å². The highest BCUT2D eigenvalue weighted by molar-refractivity contribution is 6.31. The van der Waals surface area contributed by atoms with Gasteiger partial charge in [0.2, 0.25) is 0 Å². The van der Waals surface area contributed by atoms with Crippen LogP contribution in [0.1, 0.15) is 5.69 Å². The molecule has 0 unspecified atom stereocenters. The third kappa shape index (κ3) is 1.99. The highest BCUT2D eigenvalue weighted by Gasteiger charge is 2.29. The molecule has 1 aromatic carbocycles. The zero-order valence-corrected chi connectivity index (χ0v) is 11.0. The molecule has 0 spiro atoms. The van der Waals surface area contributed by atoms with Crippen LogP contribution >= 0.6 is 0 Å². The van der Waals surface area contributed by atoms with E-state index in [0.29, 0.717) is 11.3 Å². The molecule has 0 aliphatic carbocycles. The van der Waals surface area contributed by atoms with E-state index in [4.69, 9.17) is 5.73 Å². The van der Waals surface area contributed by atoms with Gasteiger partial charge in [0, 0.05) is 18.9 Å². The van der Waals surface area contributed by atoms with E-state index in [1.165, 1.54) is 5.01 Å². The van der Waals surface area contributed by atoms with Crippen LogP contribution in [-0.4, -0.2) is 16.3 Å². The Hall–Kier alpha value is -2.82. The Labute approximate surface area is 116 Å². The number of aromatic nitrogens is 1. The number of nitrogens with zero attached hydrogens (tertiary/aromatic N) is 3. The SMILES string of the molecule is Cn1cccc1/C=C1/C(=O)N(c2ccccc2)N=C1N. The van der Waals surface area contributed by atoms with Gasteiger partial charge in [-0.1, -0.05) is 18.2 Å². The van der Waals surface area contributed by atoms with Crippen LogP contribution < -0.4 is 10.7 Å². The first-order valence-electron chi connectivity index (χ1n) is 6.24. The lowest BCUT2D eigenvalue weighted by atomic mass is 10.2. The van der Waals surface area contributed by atoms with Crippen molar-refractivity contribution < 1.29 is 4.79 Å². The van der Waals surface area contributed by atoms with Crippen molar-refractivity contribution in [3.05, 3.63) is 59.9 Å². The molecule has 3 rings (SSSR count). The summed E-state index contributed by atoms with van der Waals surface area (Å²) in [5.74, 6) is 0.0231. The van der Waals surface area contributed by atoms with Crippen molar-refractivity contribution in [3.8, 4) is 0 Å². The van der Waals surface area contributed by atoms with Crippen LogP contribution in [0.3, 0.4) is 0 Å². The predicted molar refractivity (Wildman–Crippen MR) is 78.9 cm³/mol. The molecule has 1 aliphatic rings. The summed E-state index contributed by atoms with van der Waals surface area (Å²) in [6.45, 7) is 0. The number of para-hydroxylation sites is 1. The van der Waals surface area contributed by atoms with Crippen LogP contribution in [0, 0.1) is 0 Å². The average molecular weight is 266 g/mol. The highest BCUT2D eigenvalue weighted by atomic mass is 16.2. The van der Waals surface area contributed by atoms with Crippen molar-refractivity contribution in [1.82, 2.24) is 4.57 Å². The zero-order chi connectivity index (χ0) is 14.1. The Bertz CT molecular complexity index is 712. The zero-order valence-electron chi connectivity index (χ0n) is 11.0. The molecule has 2 N–H and O–H groups in total. The van der Waals surface area contributed by atoms with Gasteiger partial charge in [0.15, 0.2) is 5.84 Å². The van der Waals surface area contributed by atoms with Gasteiger partial charge in [0.05, 0.1) is 11.3 Å². The highest BCUT2D eigenvalue weighted by Crippen LogP contribution is 2.23. The lowest BCUT2D eigenvalue weighted by Gasteiger charge is -2.10. The number of carbonyl (C=O) groups excluding carboxylic acids is 1. The maximum atomic E-state index is 12.4. The summed E-state index contributed by atoms with van der Waals surface area (Å²) >= 11 is 0. The smallest absolute Gasteiger partial charge is 0.282 e. The lowest BCUT2D eigenvalue weighted by Crippen LogP contribution is -2.22. The molecule has 1 aromatic heterocycles. The van der Waals surface area contributed by atoms with Crippen LogP contribution in [0.15, 0.2) is 59.3 Å². The fraction of sp³-hybridized carbons (Fsp3) is 0.0667.